The van der Waals surface area contributed by atoms with Crippen molar-refractivity contribution in [2.75, 3.05) is 0 Å². The summed E-state index contributed by atoms with van der Waals surface area (Å²) in [5, 5.41) is 1.05. The number of halogens is 1. The molecule has 0 aliphatic carbocycles. The molecule has 0 aromatic carbocycles. The number of hydrogen-bond donors (Lipinski definition) is 0. The fourth-order valence-corrected chi connectivity index (χ4v) is 3.00. The summed E-state index contributed by atoms with van der Waals surface area (Å²) in [4.78, 5) is 5.52. The molecule has 0 atom stereocenters. The summed E-state index contributed by atoms with van der Waals surface area (Å²) in [5.41, 5.74) is 0. The molecule has 0 aliphatic rings. The maximum Gasteiger partial charge on any atom is 0.0963 e. The molecule has 14 heavy (non-hydrogen) atoms. The monoisotopic (exact) mass is 241 g/mol. The molecule has 2 aromatic heterocycles. The molecule has 0 fully saturated rings. The van der Waals surface area contributed by atoms with Gasteiger partial charge in [-0.15, -0.1) is 23.1 Å². The van der Waals surface area contributed by atoms with Gasteiger partial charge in [-0.1, -0.05) is 17.7 Å². The molecule has 4 heteroatoms. The lowest BCUT2D eigenvalue weighted by atomic mass is 10.5. The summed E-state index contributed by atoms with van der Waals surface area (Å²) in [5.74, 6) is 0.939. The van der Waals surface area contributed by atoms with Crippen LogP contribution in [0.5, 0.6) is 0 Å². The van der Waals surface area contributed by atoms with Crippen LogP contribution in [0.25, 0.3) is 0 Å². The predicted molar refractivity (Wildman–Crippen MR) is 63.1 cm³/mol. The van der Waals surface area contributed by atoms with Crippen molar-refractivity contribution < 1.29 is 0 Å². The zero-order valence-corrected chi connectivity index (χ0v) is 9.70. The van der Waals surface area contributed by atoms with E-state index in [-0.39, 0.29) is 0 Å². The van der Waals surface area contributed by atoms with E-state index in [0.29, 0.717) is 0 Å². The third kappa shape index (κ3) is 2.74. The van der Waals surface area contributed by atoms with Crippen molar-refractivity contribution in [3.8, 4) is 0 Å². The zero-order chi connectivity index (χ0) is 9.80. The summed E-state index contributed by atoms with van der Waals surface area (Å²) >= 11 is 9.19. The van der Waals surface area contributed by atoms with Crippen molar-refractivity contribution >= 4 is 34.7 Å². The second-order valence-corrected chi connectivity index (χ2v) is 5.46. The van der Waals surface area contributed by atoms with Crippen molar-refractivity contribution in [2.24, 2.45) is 0 Å². The fraction of sp³-hybridized carbons (Fsp3) is 0.100. The van der Waals surface area contributed by atoms with Crippen LogP contribution < -0.4 is 0 Å². The molecular formula is C10H8ClNS2. The number of rotatable bonds is 3. The molecule has 2 rings (SSSR count). The van der Waals surface area contributed by atoms with E-state index in [1.54, 1.807) is 23.1 Å². The van der Waals surface area contributed by atoms with Gasteiger partial charge in [0.1, 0.15) is 0 Å². The molecule has 2 heterocycles. The lowest BCUT2D eigenvalue weighted by Crippen LogP contribution is -1.77. The molecule has 0 saturated carbocycles. The highest BCUT2D eigenvalue weighted by Crippen LogP contribution is 2.27. The average Bonchev–Trinajstić information content (AvgIpc) is 2.63. The van der Waals surface area contributed by atoms with E-state index in [0.717, 1.165) is 15.1 Å². The Morgan fingerprint density at radius 3 is 2.86 bits per heavy atom. The number of aromatic nitrogens is 1. The van der Waals surface area contributed by atoms with Crippen LogP contribution in [-0.2, 0) is 5.75 Å². The molecule has 0 saturated heterocycles. The van der Waals surface area contributed by atoms with Gasteiger partial charge in [-0.2, -0.15) is 0 Å². The quantitative estimate of drug-likeness (QED) is 0.751. The molecule has 2 aromatic rings. The zero-order valence-electron chi connectivity index (χ0n) is 7.31. The van der Waals surface area contributed by atoms with Gasteiger partial charge in [0.05, 0.1) is 9.36 Å². The van der Waals surface area contributed by atoms with Gasteiger partial charge < -0.3 is 0 Å². The summed E-state index contributed by atoms with van der Waals surface area (Å²) in [6.45, 7) is 0. The molecule has 0 amide bonds. The van der Waals surface area contributed by atoms with Crippen molar-refractivity contribution in [3.05, 3.63) is 45.7 Å². The number of thioether (sulfide) groups is 1. The van der Waals surface area contributed by atoms with Crippen molar-refractivity contribution in [1.29, 1.82) is 0 Å². The standard InChI is InChI=1S/C10H8ClNS2/c11-9-5-4-8(14-9)7-13-10-3-1-2-6-12-10/h1-6H,7H2. The van der Waals surface area contributed by atoms with Gasteiger partial charge in [0.15, 0.2) is 0 Å². The minimum absolute atomic E-state index is 0.849. The van der Waals surface area contributed by atoms with Crippen LogP contribution in [-0.4, -0.2) is 4.98 Å². The number of thiophene rings is 1. The Hall–Kier alpha value is -0.510. The molecular weight excluding hydrogens is 234 g/mol. The van der Waals surface area contributed by atoms with Gasteiger partial charge in [-0.3, -0.25) is 0 Å². The van der Waals surface area contributed by atoms with Crippen LogP contribution in [0.1, 0.15) is 4.88 Å². The maximum absolute atomic E-state index is 5.84. The Labute approximate surface area is 96.1 Å². The van der Waals surface area contributed by atoms with Crippen LogP contribution >= 0.6 is 34.7 Å². The smallest absolute Gasteiger partial charge is 0.0963 e. The van der Waals surface area contributed by atoms with E-state index < -0.39 is 0 Å². The Morgan fingerprint density at radius 1 is 1.29 bits per heavy atom. The first kappa shape index (κ1) is 10.0. The topological polar surface area (TPSA) is 12.9 Å². The van der Waals surface area contributed by atoms with Crippen molar-refractivity contribution in [2.45, 2.75) is 10.8 Å². The van der Waals surface area contributed by atoms with Gasteiger partial charge in [-0.05, 0) is 24.3 Å². The molecule has 0 bridgehead atoms. The average molecular weight is 242 g/mol. The Bertz CT molecular complexity index is 400. The van der Waals surface area contributed by atoms with Gasteiger partial charge in [0.25, 0.3) is 0 Å². The molecule has 72 valence electrons. The van der Waals surface area contributed by atoms with Crippen LogP contribution in [0.4, 0.5) is 0 Å². The largest absolute Gasteiger partial charge is 0.250 e. The van der Waals surface area contributed by atoms with Gasteiger partial charge in [-0.25, -0.2) is 4.98 Å². The molecule has 1 nitrogen and oxygen atoms in total. The Balaban J connectivity index is 1.95. The first-order valence-corrected chi connectivity index (χ1v) is 6.30. The lowest BCUT2D eigenvalue weighted by molar-refractivity contribution is 1.13. The maximum atomic E-state index is 5.84. The first-order valence-electron chi connectivity index (χ1n) is 4.12. The minimum atomic E-state index is 0.849. The third-order valence-electron chi connectivity index (χ3n) is 1.63. The summed E-state index contributed by atoms with van der Waals surface area (Å²) in [6.07, 6.45) is 1.81. The van der Waals surface area contributed by atoms with Crippen LogP contribution in [0.2, 0.25) is 4.34 Å². The van der Waals surface area contributed by atoms with E-state index in [2.05, 4.69) is 11.1 Å². The van der Waals surface area contributed by atoms with Crippen LogP contribution in [0.3, 0.4) is 0 Å². The van der Waals surface area contributed by atoms with E-state index in [4.69, 9.17) is 11.6 Å². The highest BCUT2D eigenvalue weighted by Gasteiger charge is 1.99. The van der Waals surface area contributed by atoms with Crippen molar-refractivity contribution in [1.82, 2.24) is 4.98 Å². The minimum Gasteiger partial charge on any atom is -0.250 e. The third-order valence-corrected chi connectivity index (χ3v) is 4.04. The molecule has 0 radical (unpaired) electrons. The SMILES string of the molecule is Clc1ccc(CSc2ccccn2)s1. The van der Waals surface area contributed by atoms with Gasteiger partial charge in [0, 0.05) is 16.8 Å². The van der Waals surface area contributed by atoms with Crippen LogP contribution in [0.15, 0.2) is 41.6 Å². The van der Waals surface area contributed by atoms with E-state index in [1.165, 1.54) is 4.88 Å². The normalized spacial score (nSPS) is 10.4. The molecule has 0 N–H and O–H groups in total. The Kier molecular flexibility index (Phi) is 3.45. The second-order valence-electron chi connectivity index (χ2n) is 2.66. The highest BCUT2D eigenvalue weighted by molar-refractivity contribution is 7.98. The Morgan fingerprint density at radius 2 is 2.21 bits per heavy atom. The number of hydrogen-bond acceptors (Lipinski definition) is 3. The van der Waals surface area contributed by atoms with Gasteiger partial charge >= 0.3 is 0 Å². The number of nitrogens with zero attached hydrogens (tertiary/aromatic N) is 1. The van der Waals surface area contributed by atoms with Gasteiger partial charge in [0.2, 0.25) is 0 Å². The van der Waals surface area contributed by atoms with Crippen molar-refractivity contribution in [3.63, 3.8) is 0 Å². The lowest BCUT2D eigenvalue weighted by Gasteiger charge is -1.96. The van der Waals surface area contributed by atoms with E-state index >= 15 is 0 Å². The summed E-state index contributed by atoms with van der Waals surface area (Å²) < 4.78 is 0.849. The van der Waals surface area contributed by atoms with E-state index in [9.17, 15) is 0 Å². The highest BCUT2D eigenvalue weighted by atomic mass is 35.5. The van der Waals surface area contributed by atoms with E-state index in [1.807, 2.05) is 30.5 Å². The predicted octanol–water partition coefficient (Wildman–Crippen LogP) is 4.09. The van der Waals surface area contributed by atoms with Crippen LogP contribution in [0, 0.1) is 0 Å². The first-order chi connectivity index (χ1) is 6.84. The fourth-order valence-electron chi connectivity index (χ4n) is 1.01. The summed E-state index contributed by atoms with van der Waals surface area (Å²) in [7, 11) is 0. The molecule has 0 aliphatic heterocycles. The molecule has 0 unspecified atom stereocenters. The number of pyridine rings is 1. The summed E-state index contributed by atoms with van der Waals surface area (Å²) in [6, 6.07) is 9.92. The molecule has 0 spiro atoms. The second kappa shape index (κ2) is 4.82.